The number of nitrogens with one attached hydrogen (secondary N) is 1. The second-order valence-corrected chi connectivity index (χ2v) is 11.3. The number of carbonyl (C=O) groups is 1. The fraction of sp³-hybridized carbons (Fsp3) is 0.759. The van der Waals surface area contributed by atoms with Crippen molar-refractivity contribution in [1.29, 1.82) is 0 Å². The van der Waals surface area contributed by atoms with Crippen molar-refractivity contribution >= 4 is 17.5 Å². The van der Waals surface area contributed by atoms with Gasteiger partial charge in [-0.1, -0.05) is 62.3 Å². The molecule has 0 spiro atoms. The fourth-order valence-corrected chi connectivity index (χ4v) is 6.61. The molecule has 2 fully saturated rings. The number of piperidine rings is 1. The van der Waals surface area contributed by atoms with Crippen LogP contribution >= 0.6 is 11.6 Å². The first-order valence-electron chi connectivity index (χ1n) is 13.9. The van der Waals surface area contributed by atoms with Gasteiger partial charge in [0.25, 0.3) is 0 Å². The van der Waals surface area contributed by atoms with Gasteiger partial charge in [-0.2, -0.15) is 0 Å². The standard InChI is InChI=1S/C29H46ClFN2O2/c1-32-20-23(18-22-10-4-3-5-11-22)19-28(34)33-16-9-12-24(21-33)25(13-6-7-17-35-2)26-14-8-15-27(30)29(26)31/h8,14-15,22-25,32H,3-7,9-13,16-21H2,1-2H3/t23-,24-,25-/m1/s1. The van der Waals surface area contributed by atoms with Crippen LogP contribution in [0.5, 0.6) is 0 Å². The lowest BCUT2D eigenvalue weighted by molar-refractivity contribution is -0.134. The topological polar surface area (TPSA) is 41.6 Å². The highest BCUT2D eigenvalue weighted by atomic mass is 35.5. The minimum absolute atomic E-state index is 0.0662. The van der Waals surface area contributed by atoms with Gasteiger partial charge in [0.2, 0.25) is 5.91 Å². The molecule has 1 aliphatic carbocycles. The van der Waals surface area contributed by atoms with E-state index in [0.717, 1.165) is 64.1 Å². The Bertz CT molecular complexity index is 771. The molecule has 198 valence electrons. The van der Waals surface area contributed by atoms with Crippen molar-refractivity contribution in [3.63, 3.8) is 0 Å². The van der Waals surface area contributed by atoms with Gasteiger partial charge in [0.1, 0.15) is 5.82 Å². The zero-order valence-corrected chi connectivity index (χ0v) is 22.6. The third-order valence-corrected chi connectivity index (χ3v) is 8.51. The maximum absolute atomic E-state index is 15.1. The summed E-state index contributed by atoms with van der Waals surface area (Å²) in [5.41, 5.74) is 0.708. The molecule has 35 heavy (non-hydrogen) atoms. The van der Waals surface area contributed by atoms with E-state index in [2.05, 4.69) is 10.2 Å². The van der Waals surface area contributed by atoms with Crippen LogP contribution in [-0.2, 0) is 9.53 Å². The van der Waals surface area contributed by atoms with Crippen LogP contribution in [0.25, 0.3) is 0 Å². The van der Waals surface area contributed by atoms with Crippen molar-refractivity contribution in [3.8, 4) is 0 Å². The predicted molar refractivity (Wildman–Crippen MR) is 142 cm³/mol. The summed E-state index contributed by atoms with van der Waals surface area (Å²) in [6, 6.07) is 5.35. The van der Waals surface area contributed by atoms with Crippen LogP contribution in [0, 0.1) is 23.6 Å². The summed E-state index contributed by atoms with van der Waals surface area (Å²) in [6.07, 6.45) is 13.3. The molecule has 1 saturated carbocycles. The van der Waals surface area contributed by atoms with Gasteiger partial charge in [-0.25, -0.2) is 4.39 Å². The molecular weight excluding hydrogens is 463 g/mol. The van der Waals surface area contributed by atoms with Crippen LogP contribution in [0.4, 0.5) is 4.39 Å². The third kappa shape index (κ3) is 8.72. The molecule has 0 aromatic heterocycles. The molecule has 3 atom stereocenters. The van der Waals surface area contributed by atoms with E-state index in [4.69, 9.17) is 16.3 Å². The highest BCUT2D eigenvalue weighted by Gasteiger charge is 2.33. The normalized spacial score (nSPS) is 21.1. The molecule has 1 heterocycles. The van der Waals surface area contributed by atoms with E-state index >= 15 is 4.39 Å². The summed E-state index contributed by atoms with van der Waals surface area (Å²) in [5, 5.41) is 3.51. The molecule has 0 unspecified atom stereocenters. The summed E-state index contributed by atoms with van der Waals surface area (Å²) < 4.78 is 20.3. The lowest BCUT2D eigenvalue weighted by Crippen LogP contribution is -2.43. The van der Waals surface area contributed by atoms with Gasteiger partial charge in [-0.15, -0.1) is 0 Å². The Morgan fingerprint density at radius 3 is 2.74 bits per heavy atom. The van der Waals surface area contributed by atoms with Crippen LogP contribution in [0.2, 0.25) is 5.02 Å². The van der Waals surface area contributed by atoms with Crippen LogP contribution in [-0.4, -0.2) is 51.2 Å². The number of halogens is 2. The van der Waals surface area contributed by atoms with Gasteiger partial charge in [0.15, 0.2) is 0 Å². The molecular formula is C29H46ClFN2O2. The monoisotopic (exact) mass is 508 g/mol. The first kappa shape index (κ1) is 28.4. The van der Waals surface area contributed by atoms with Gasteiger partial charge in [0.05, 0.1) is 5.02 Å². The van der Waals surface area contributed by atoms with Crippen LogP contribution in [0.15, 0.2) is 18.2 Å². The quantitative estimate of drug-likeness (QED) is 0.297. The Morgan fingerprint density at radius 1 is 1.20 bits per heavy atom. The highest BCUT2D eigenvalue weighted by molar-refractivity contribution is 6.30. The second-order valence-electron chi connectivity index (χ2n) is 10.8. The highest BCUT2D eigenvalue weighted by Crippen LogP contribution is 2.39. The molecule has 4 nitrogen and oxygen atoms in total. The van der Waals surface area contributed by atoms with E-state index in [-0.39, 0.29) is 28.6 Å². The van der Waals surface area contributed by atoms with Crippen LogP contribution < -0.4 is 5.32 Å². The summed E-state index contributed by atoms with van der Waals surface area (Å²) in [7, 11) is 3.71. The summed E-state index contributed by atoms with van der Waals surface area (Å²) in [4.78, 5) is 15.5. The molecule has 6 heteroatoms. The molecule has 0 radical (unpaired) electrons. The number of hydrogen-bond donors (Lipinski definition) is 1. The summed E-state index contributed by atoms with van der Waals surface area (Å²) in [5.74, 6) is 1.46. The number of benzene rings is 1. The summed E-state index contributed by atoms with van der Waals surface area (Å²) in [6.45, 7) is 3.15. The molecule has 1 saturated heterocycles. The van der Waals surface area contributed by atoms with E-state index in [1.165, 1.54) is 32.1 Å². The van der Waals surface area contributed by atoms with Gasteiger partial charge in [-0.3, -0.25) is 4.79 Å². The minimum atomic E-state index is -0.295. The number of carbonyl (C=O) groups excluding carboxylic acids is 1. The molecule has 1 aliphatic heterocycles. The van der Waals surface area contributed by atoms with Crippen LogP contribution in [0.3, 0.4) is 0 Å². The average Bonchev–Trinajstić information content (AvgIpc) is 2.87. The Balaban J connectivity index is 1.66. The SMILES string of the molecule is CNC[C@@H](CC(=O)N1CCC[C@@H]([C@@H](CCCCOC)c2cccc(Cl)c2F)C1)CC1CCCCC1. The Hall–Kier alpha value is -1.17. The van der Waals surface area contributed by atoms with Crippen LogP contribution in [0.1, 0.15) is 88.5 Å². The first-order valence-corrected chi connectivity index (χ1v) is 14.3. The average molecular weight is 509 g/mol. The van der Waals surface area contributed by atoms with Crippen molar-refractivity contribution in [3.05, 3.63) is 34.6 Å². The van der Waals surface area contributed by atoms with Gasteiger partial charge >= 0.3 is 0 Å². The largest absolute Gasteiger partial charge is 0.385 e. The second kappa shape index (κ2) is 15.2. The van der Waals surface area contributed by atoms with Crippen molar-refractivity contribution in [1.82, 2.24) is 10.2 Å². The Labute approximate surface area is 217 Å². The molecule has 1 amide bonds. The summed E-state index contributed by atoms with van der Waals surface area (Å²) >= 11 is 6.16. The molecule has 0 bridgehead atoms. The number of unbranched alkanes of at least 4 members (excludes halogenated alkanes) is 1. The maximum Gasteiger partial charge on any atom is 0.222 e. The Morgan fingerprint density at radius 2 is 2.00 bits per heavy atom. The van der Waals surface area contributed by atoms with Crippen molar-refractivity contribution < 1.29 is 13.9 Å². The molecule has 1 aromatic rings. The maximum atomic E-state index is 15.1. The minimum Gasteiger partial charge on any atom is -0.385 e. The fourth-order valence-electron chi connectivity index (χ4n) is 6.43. The van der Waals surface area contributed by atoms with E-state index in [1.807, 2.05) is 19.2 Å². The van der Waals surface area contributed by atoms with E-state index in [1.54, 1.807) is 13.2 Å². The number of ether oxygens (including phenoxy) is 1. The van der Waals surface area contributed by atoms with Gasteiger partial charge in [-0.05, 0) is 81.0 Å². The number of likely N-dealkylation sites (tertiary alicyclic amines) is 1. The molecule has 2 aliphatic rings. The number of amides is 1. The first-order chi connectivity index (χ1) is 17.0. The number of methoxy groups -OCH3 is 1. The van der Waals surface area contributed by atoms with E-state index < -0.39 is 0 Å². The predicted octanol–water partition coefficient (Wildman–Crippen LogP) is 6.81. The zero-order valence-electron chi connectivity index (χ0n) is 21.9. The number of nitrogens with zero attached hydrogens (tertiary/aromatic N) is 1. The molecule has 1 N–H and O–H groups in total. The zero-order chi connectivity index (χ0) is 25.0. The number of hydrogen-bond acceptors (Lipinski definition) is 3. The third-order valence-electron chi connectivity index (χ3n) is 8.22. The van der Waals surface area contributed by atoms with Gasteiger partial charge in [0, 0.05) is 33.2 Å². The van der Waals surface area contributed by atoms with Gasteiger partial charge < -0.3 is 15.0 Å². The lowest BCUT2D eigenvalue weighted by atomic mass is 9.77. The van der Waals surface area contributed by atoms with Crippen molar-refractivity contribution in [2.75, 3.05) is 40.4 Å². The molecule has 1 aromatic carbocycles. The Kier molecular flexibility index (Phi) is 12.3. The molecule has 3 rings (SSSR count). The lowest BCUT2D eigenvalue weighted by Gasteiger charge is -2.38. The van der Waals surface area contributed by atoms with Crippen molar-refractivity contribution in [2.24, 2.45) is 17.8 Å². The van der Waals surface area contributed by atoms with E-state index in [9.17, 15) is 4.79 Å². The number of rotatable bonds is 13. The van der Waals surface area contributed by atoms with E-state index in [0.29, 0.717) is 24.5 Å². The van der Waals surface area contributed by atoms with Crippen molar-refractivity contribution in [2.45, 2.75) is 83.0 Å². The smallest absolute Gasteiger partial charge is 0.222 e.